The minimum atomic E-state index is -0.109. The van der Waals surface area contributed by atoms with Crippen molar-refractivity contribution < 1.29 is 4.74 Å². The number of halogens is 4. The minimum absolute atomic E-state index is 0.109. The average molecular weight is 478 g/mol. The van der Waals surface area contributed by atoms with Gasteiger partial charge in [-0.15, -0.1) is 0 Å². The summed E-state index contributed by atoms with van der Waals surface area (Å²) in [5, 5.41) is 1.94. The van der Waals surface area contributed by atoms with Gasteiger partial charge in [-0.2, -0.15) is 0 Å². The van der Waals surface area contributed by atoms with Crippen molar-refractivity contribution in [2.45, 2.75) is 11.8 Å². The van der Waals surface area contributed by atoms with Crippen LogP contribution in [-0.4, -0.2) is 13.9 Å². The van der Waals surface area contributed by atoms with Crippen LogP contribution < -0.4 is 4.74 Å². The summed E-state index contributed by atoms with van der Waals surface area (Å²) in [6, 6.07) is 10.4. The van der Waals surface area contributed by atoms with E-state index in [0.29, 0.717) is 36.8 Å². The van der Waals surface area contributed by atoms with Crippen molar-refractivity contribution in [1.82, 2.24) is 9.55 Å². The van der Waals surface area contributed by atoms with Gasteiger partial charge in [0, 0.05) is 34.0 Å². The van der Waals surface area contributed by atoms with Crippen LogP contribution in [0.15, 0.2) is 55.1 Å². The Morgan fingerprint density at radius 3 is 2.41 bits per heavy atom. The number of nitrogens with zero attached hydrogens (tertiary/aromatic N) is 2. The zero-order valence-corrected chi connectivity index (χ0v) is 18.3. The van der Waals surface area contributed by atoms with E-state index in [9.17, 15) is 0 Å². The zero-order valence-electron chi connectivity index (χ0n) is 13.6. The Labute approximate surface area is 186 Å². The van der Waals surface area contributed by atoms with E-state index in [0.717, 1.165) is 5.56 Å². The lowest BCUT2D eigenvalue weighted by atomic mass is 10.1. The molecule has 1 unspecified atom stereocenters. The smallest absolute Gasteiger partial charge is 0.226 e. The Morgan fingerprint density at radius 1 is 1.07 bits per heavy atom. The van der Waals surface area contributed by atoms with Gasteiger partial charge in [-0.05, 0) is 48.1 Å². The maximum atomic E-state index is 6.41. The van der Waals surface area contributed by atoms with Gasteiger partial charge in [0.1, 0.15) is 5.75 Å². The molecule has 1 aromatic heterocycles. The molecule has 0 aliphatic rings. The summed E-state index contributed by atoms with van der Waals surface area (Å²) in [6.07, 6.45) is 5.32. The van der Waals surface area contributed by atoms with Crippen molar-refractivity contribution in [3.8, 4) is 5.75 Å². The molecule has 0 saturated carbocycles. The van der Waals surface area contributed by atoms with Crippen molar-refractivity contribution >= 4 is 74.8 Å². The molecule has 0 aliphatic heterocycles. The molecule has 1 atom stereocenters. The summed E-state index contributed by atoms with van der Waals surface area (Å²) in [6.45, 7) is 0.601. The third-order valence-corrected chi connectivity index (χ3v) is 6.00. The van der Waals surface area contributed by atoms with Crippen LogP contribution in [0.1, 0.15) is 10.8 Å². The first-order chi connectivity index (χ1) is 12.9. The van der Waals surface area contributed by atoms with Gasteiger partial charge in [0.15, 0.2) is 0 Å². The van der Waals surface area contributed by atoms with E-state index in [-0.39, 0.29) is 5.25 Å². The monoisotopic (exact) mass is 476 g/mol. The quantitative estimate of drug-likeness (QED) is 0.359. The standard InChI is InChI=1S/C18H12Cl4N2OS2/c19-11-1-3-13(14(21)7-11)17(9-24-6-5-23-10-24)27-18(26)25-16-4-2-12(20)8-15(16)22/h1-8,10,17H,9H2. The fourth-order valence-electron chi connectivity index (χ4n) is 2.34. The number of hydrogen-bond acceptors (Lipinski definition) is 4. The molecule has 9 heteroatoms. The maximum absolute atomic E-state index is 6.41. The molecule has 0 amide bonds. The molecular weight excluding hydrogens is 466 g/mol. The largest absolute Gasteiger partial charge is 0.438 e. The van der Waals surface area contributed by atoms with E-state index < -0.39 is 0 Å². The molecule has 3 rings (SSSR count). The van der Waals surface area contributed by atoms with Crippen LogP contribution in [0.5, 0.6) is 5.75 Å². The van der Waals surface area contributed by atoms with E-state index in [1.165, 1.54) is 11.8 Å². The Morgan fingerprint density at radius 2 is 1.78 bits per heavy atom. The molecule has 0 bridgehead atoms. The summed E-state index contributed by atoms with van der Waals surface area (Å²) in [5.41, 5.74) is 0.896. The molecule has 0 fully saturated rings. The molecule has 3 nitrogen and oxygen atoms in total. The molecule has 27 heavy (non-hydrogen) atoms. The number of benzene rings is 2. The topological polar surface area (TPSA) is 27.1 Å². The van der Waals surface area contributed by atoms with Crippen molar-refractivity contribution in [2.24, 2.45) is 0 Å². The molecule has 140 valence electrons. The Hall–Kier alpha value is -0.950. The van der Waals surface area contributed by atoms with E-state index in [2.05, 4.69) is 4.98 Å². The van der Waals surface area contributed by atoms with Crippen LogP contribution in [0.4, 0.5) is 0 Å². The second-order valence-corrected chi connectivity index (χ2v) is 8.95. The minimum Gasteiger partial charge on any atom is -0.438 e. The van der Waals surface area contributed by atoms with Crippen LogP contribution >= 0.6 is 70.4 Å². The molecule has 0 radical (unpaired) electrons. The van der Waals surface area contributed by atoms with Gasteiger partial charge in [0.05, 0.1) is 16.6 Å². The van der Waals surface area contributed by atoms with Gasteiger partial charge in [-0.25, -0.2) is 4.98 Å². The molecule has 3 aromatic rings. The fraction of sp³-hybridized carbons (Fsp3) is 0.111. The SMILES string of the molecule is S=C(Oc1ccc(Cl)cc1Cl)SC(Cn1ccnc1)c1ccc(Cl)cc1Cl. The van der Waals surface area contributed by atoms with Gasteiger partial charge in [-0.1, -0.05) is 64.2 Å². The summed E-state index contributed by atoms with van der Waals surface area (Å²) in [7, 11) is 0. The maximum Gasteiger partial charge on any atom is 0.226 e. The van der Waals surface area contributed by atoms with Gasteiger partial charge in [0.2, 0.25) is 4.38 Å². The second kappa shape index (κ2) is 9.50. The number of rotatable bonds is 5. The molecule has 0 N–H and O–H groups in total. The molecule has 0 aliphatic carbocycles. The number of ether oxygens (including phenoxy) is 1. The first-order valence-corrected chi connectivity index (χ1v) is 10.5. The highest BCUT2D eigenvalue weighted by Gasteiger charge is 2.20. The second-order valence-electron chi connectivity index (χ2n) is 5.46. The highest BCUT2D eigenvalue weighted by molar-refractivity contribution is 8.22. The van der Waals surface area contributed by atoms with Crippen LogP contribution in [-0.2, 0) is 6.54 Å². The van der Waals surface area contributed by atoms with Crippen molar-refractivity contribution in [3.05, 3.63) is 80.8 Å². The van der Waals surface area contributed by atoms with Crippen LogP contribution in [0, 0.1) is 0 Å². The van der Waals surface area contributed by atoms with Crippen molar-refractivity contribution in [1.29, 1.82) is 0 Å². The van der Waals surface area contributed by atoms with E-state index >= 15 is 0 Å². The highest BCUT2D eigenvalue weighted by atomic mass is 35.5. The third kappa shape index (κ3) is 5.76. The summed E-state index contributed by atoms with van der Waals surface area (Å²) in [5.74, 6) is 0.446. The van der Waals surface area contributed by atoms with Crippen molar-refractivity contribution in [2.75, 3.05) is 0 Å². The fourth-order valence-corrected chi connectivity index (χ4v) is 4.78. The molecule has 0 spiro atoms. The zero-order chi connectivity index (χ0) is 19.4. The third-order valence-electron chi connectivity index (χ3n) is 3.57. The lowest BCUT2D eigenvalue weighted by molar-refractivity contribution is 0.578. The summed E-state index contributed by atoms with van der Waals surface area (Å²) in [4.78, 5) is 4.08. The summed E-state index contributed by atoms with van der Waals surface area (Å²) < 4.78 is 8.00. The predicted octanol–water partition coefficient (Wildman–Crippen LogP) is 7.34. The van der Waals surface area contributed by atoms with E-state index in [1.807, 2.05) is 16.8 Å². The predicted molar refractivity (Wildman–Crippen MR) is 119 cm³/mol. The summed E-state index contributed by atoms with van der Waals surface area (Å²) >= 11 is 31.3. The van der Waals surface area contributed by atoms with Gasteiger partial charge >= 0.3 is 0 Å². The molecule has 2 aromatic carbocycles. The van der Waals surface area contributed by atoms with Gasteiger partial charge in [0.25, 0.3) is 0 Å². The average Bonchev–Trinajstić information content (AvgIpc) is 3.10. The number of imidazole rings is 1. The van der Waals surface area contributed by atoms with E-state index in [4.69, 9.17) is 63.4 Å². The molecule has 0 saturated heterocycles. The Balaban J connectivity index is 1.81. The normalized spacial score (nSPS) is 12.0. The molecular formula is C18H12Cl4N2OS2. The van der Waals surface area contributed by atoms with Gasteiger partial charge < -0.3 is 9.30 Å². The van der Waals surface area contributed by atoms with E-state index in [1.54, 1.807) is 42.9 Å². The lowest BCUT2D eigenvalue weighted by Crippen LogP contribution is -2.10. The Kier molecular flexibility index (Phi) is 7.31. The van der Waals surface area contributed by atoms with Crippen LogP contribution in [0.25, 0.3) is 0 Å². The first-order valence-electron chi connectivity index (χ1n) is 7.66. The van der Waals surface area contributed by atoms with Crippen molar-refractivity contribution in [3.63, 3.8) is 0 Å². The van der Waals surface area contributed by atoms with Crippen LogP contribution in [0.2, 0.25) is 20.1 Å². The first kappa shape index (κ1) is 20.8. The van der Waals surface area contributed by atoms with Gasteiger partial charge in [-0.3, -0.25) is 0 Å². The Bertz CT molecular complexity index is 951. The molecule has 1 heterocycles. The number of aromatic nitrogens is 2. The van der Waals surface area contributed by atoms with Crippen LogP contribution in [0.3, 0.4) is 0 Å². The lowest BCUT2D eigenvalue weighted by Gasteiger charge is -2.19. The number of thioether (sulfide) groups is 1. The number of thiocarbonyl (C=S) groups is 1. The number of hydrogen-bond donors (Lipinski definition) is 0. The highest BCUT2D eigenvalue weighted by Crippen LogP contribution is 2.38.